The van der Waals surface area contributed by atoms with E-state index in [-0.39, 0.29) is 5.91 Å². The number of benzene rings is 1. The summed E-state index contributed by atoms with van der Waals surface area (Å²) in [4.78, 5) is 26.3. The summed E-state index contributed by atoms with van der Waals surface area (Å²) >= 11 is 0. The normalized spacial score (nSPS) is 17.3. The molecular weight excluding hydrogens is 327 g/mol. The van der Waals surface area contributed by atoms with E-state index in [0.29, 0.717) is 31.0 Å². The molecule has 0 aliphatic carbocycles. The Bertz CT molecular complexity index is 760. The molecule has 1 aromatic carbocycles. The molecule has 1 aliphatic heterocycles. The molecule has 2 heterocycles. The van der Waals surface area contributed by atoms with Gasteiger partial charge in [-0.15, -0.1) is 5.10 Å². The molecule has 8 nitrogen and oxygen atoms in total. The Morgan fingerprint density at radius 2 is 2.16 bits per heavy atom. The number of aryl methyl sites for hydroxylation is 1. The van der Waals surface area contributed by atoms with Crippen LogP contribution < -0.4 is 10.6 Å². The van der Waals surface area contributed by atoms with E-state index >= 15 is 0 Å². The lowest BCUT2D eigenvalue weighted by Gasteiger charge is -2.35. The fourth-order valence-electron chi connectivity index (χ4n) is 2.74. The molecule has 0 unspecified atom stereocenters. The van der Waals surface area contributed by atoms with E-state index in [1.54, 1.807) is 10.9 Å². The number of aromatic nitrogens is 3. The lowest BCUT2D eigenvalue weighted by atomic mass is 10.0. The van der Waals surface area contributed by atoms with Crippen LogP contribution in [0.15, 0.2) is 30.5 Å². The van der Waals surface area contributed by atoms with E-state index in [9.17, 15) is 14.0 Å². The topological polar surface area (TPSA) is 92.2 Å². The number of hydrogen-bond acceptors (Lipinski definition) is 4. The Morgan fingerprint density at radius 3 is 2.88 bits per heavy atom. The Hall–Kier alpha value is -2.97. The average molecular weight is 346 g/mol. The van der Waals surface area contributed by atoms with Crippen LogP contribution in [-0.4, -0.2) is 44.9 Å². The number of piperazine rings is 1. The van der Waals surface area contributed by atoms with Crippen LogP contribution >= 0.6 is 0 Å². The summed E-state index contributed by atoms with van der Waals surface area (Å²) in [7, 11) is 0. The van der Waals surface area contributed by atoms with Crippen molar-refractivity contribution in [2.45, 2.75) is 25.9 Å². The second-order valence-electron chi connectivity index (χ2n) is 5.74. The van der Waals surface area contributed by atoms with Gasteiger partial charge in [0.15, 0.2) is 5.82 Å². The van der Waals surface area contributed by atoms with Crippen molar-refractivity contribution >= 4 is 17.8 Å². The average Bonchev–Trinajstić information content (AvgIpc) is 3.03. The molecule has 0 bridgehead atoms. The Balaban J connectivity index is 1.78. The number of nitrogens with zero attached hydrogens (tertiary/aromatic N) is 4. The van der Waals surface area contributed by atoms with Crippen LogP contribution in [0.4, 0.5) is 15.0 Å². The fourth-order valence-corrected chi connectivity index (χ4v) is 2.74. The van der Waals surface area contributed by atoms with Gasteiger partial charge in [0.25, 0.3) is 0 Å². The largest absolute Gasteiger partial charge is 0.352 e. The number of anilines is 1. The van der Waals surface area contributed by atoms with Gasteiger partial charge in [-0.1, -0.05) is 24.3 Å². The van der Waals surface area contributed by atoms with Gasteiger partial charge in [-0.25, -0.2) is 9.18 Å². The van der Waals surface area contributed by atoms with Crippen molar-refractivity contribution in [1.82, 2.24) is 25.2 Å². The molecule has 1 saturated heterocycles. The molecule has 1 atom stereocenters. The van der Waals surface area contributed by atoms with Gasteiger partial charge in [0.1, 0.15) is 11.9 Å². The number of hydrogen-bond donors (Lipinski definition) is 2. The Labute approximate surface area is 144 Å². The van der Waals surface area contributed by atoms with E-state index in [0.717, 1.165) is 6.42 Å². The first-order valence-electron chi connectivity index (χ1n) is 8.09. The predicted molar refractivity (Wildman–Crippen MR) is 88.2 cm³/mol. The van der Waals surface area contributed by atoms with Gasteiger partial charge in [-0.05, 0) is 24.1 Å². The molecule has 1 aromatic heterocycles. The first-order valence-corrected chi connectivity index (χ1v) is 8.09. The van der Waals surface area contributed by atoms with Crippen LogP contribution in [0, 0.1) is 5.82 Å². The van der Waals surface area contributed by atoms with Crippen molar-refractivity contribution in [3.05, 3.63) is 41.8 Å². The van der Waals surface area contributed by atoms with Gasteiger partial charge in [-0.2, -0.15) is 0 Å². The number of amides is 3. The maximum absolute atomic E-state index is 13.1. The highest BCUT2D eigenvalue weighted by Gasteiger charge is 2.34. The van der Waals surface area contributed by atoms with Gasteiger partial charge in [-0.3, -0.25) is 14.8 Å². The molecule has 0 radical (unpaired) electrons. The second-order valence-corrected chi connectivity index (χ2v) is 5.74. The van der Waals surface area contributed by atoms with Gasteiger partial charge in [0.2, 0.25) is 5.91 Å². The molecule has 2 aromatic rings. The number of rotatable bonds is 4. The van der Waals surface area contributed by atoms with E-state index in [1.807, 2.05) is 6.92 Å². The van der Waals surface area contributed by atoms with E-state index in [4.69, 9.17) is 0 Å². The monoisotopic (exact) mass is 346 g/mol. The summed E-state index contributed by atoms with van der Waals surface area (Å²) in [5.41, 5.74) is 0.545. The maximum atomic E-state index is 13.1. The quantitative estimate of drug-likeness (QED) is 0.878. The van der Waals surface area contributed by atoms with Crippen LogP contribution in [0.3, 0.4) is 0 Å². The van der Waals surface area contributed by atoms with E-state index < -0.39 is 17.9 Å². The van der Waals surface area contributed by atoms with Gasteiger partial charge < -0.3 is 10.2 Å². The molecule has 0 spiro atoms. The van der Waals surface area contributed by atoms with Crippen molar-refractivity contribution in [1.29, 1.82) is 0 Å². The molecule has 132 valence electrons. The number of carbonyl (C=O) groups is 2. The van der Waals surface area contributed by atoms with Gasteiger partial charge >= 0.3 is 6.03 Å². The molecular formula is C16H19FN6O2. The SMILES string of the molecule is CCCn1cc(NC(=O)N2CCNC(=O)[C@@H]2c2ccc(F)cc2)nn1. The number of nitrogens with one attached hydrogen (secondary N) is 2. The van der Waals surface area contributed by atoms with Crippen LogP contribution in [0.5, 0.6) is 0 Å². The minimum atomic E-state index is -0.819. The van der Waals surface area contributed by atoms with E-state index in [1.165, 1.54) is 29.2 Å². The lowest BCUT2D eigenvalue weighted by Crippen LogP contribution is -2.53. The standard InChI is InChI=1S/C16H19FN6O2/c1-2-8-22-10-13(20-21-22)19-16(25)23-9-7-18-15(24)14(23)11-3-5-12(17)6-4-11/h3-6,10,14H,2,7-9H2,1H3,(H,18,24)(H,19,25)/t14-/m0/s1. The molecule has 0 saturated carbocycles. The zero-order chi connectivity index (χ0) is 17.8. The third-order valence-electron chi connectivity index (χ3n) is 3.88. The van der Waals surface area contributed by atoms with Crippen molar-refractivity contribution in [3.8, 4) is 0 Å². The Kier molecular flexibility index (Phi) is 4.92. The molecule has 2 N–H and O–H groups in total. The van der Waals surface area contributed by atoms with Crippen LogP contribution in [0.1, 0.15) is 24.9 Å². The molecule has 9 heteroatoms. The molecule has 1 fully saturated rings. The highest BCUT2D eigenvalue weighted by Crippen LogP contribution is 2.24. The van der Waals surface area contributed by atoms with Crippen molar-refractivity contribution < 1.29 is 14.0 Å². The summed E-state index contributed by atoms with van der Waals surface area (Å²) in [6.07, 6.45) is 2.54. The van der Waals surface area contributed by atoms with Gasteiger partial charge in [0.05, 0.1) is 6.20 Å². The number of carbonyl (C=O) groups excluding carboxylic acids is 2. The number of halogens is 1. The molecule has 25 heavy (non-hydrogen) atoms. The first kappa shape index (κ1) is 16.9. The second kappa shape index (κ2) is 7.29. The van der Waals surface area contributed by atoms with Crippen molar-refractivity contribution in [3.63, 3.8) is 0 Å². The third-order valence-corrected chi connectivity index (χ3v) is 3.88. The predicted octanol–water partition coefficient (Wildman–Crippen LogP) is 1.53. The zero-order valence-corrected chi connectivity index (χ0v) is 13.8. The van der Waals surface area contributed by atoms with Crippen LogP contribution in [0.2, 0.25) is 0 Å². The molecule has 3 rings (SSSR count). The Morgan fingerprint density at radius 1 is 1.40 bits per heavy atom. The maximum Gasteiger partial charge on any atom is 0.324 e. The summed E-state index contributed by atoms with van der Waals surface area (Å²) in [5.74, 6) is -0.381. The summed E-state index contributed by atoms with van der Waals surface area (Å²) in [6, 6.07) is 4.27. The molecule has 3 amide bonds. The number of urea groups is 1. The van der Waals surface area contributed by atoms with Crippen molar-refractivity contribution in [2.75, 3.05) is 18.4 Å². The highest BCUT2D eigenvalue weighted by molar-refractivity contribution is 5.94. The minimum absolute atomic E-state index is 0.303. The minimum Gasteiger partial charge on any atom is -0.352 e. The smallest absolute Gasteiger partial charge is 0.324 e. The van der Waals surface area contributed by atoms with Gasteiger partial charge in [0, 0.05) is 19.6 Å². The molecule has 1 aliphatic rings. The summed E-state index contributed by atoms with van der Waals surface area (Å²) in [6.45, 7) is 3.40. The lowest BCUT2D eigenvalue weighted by molar-refractivity contribution is -0.127. The zero-order valence-electron chi connectivity index (χ0n) is 13.8. The highest BCUT2D eigenvalue weighted by atomic mass is 19.1. The van der Waals surface area contributed by atoms with Crippen LogP contribution in [-0.2, 0) is 11.3 Å². The first-order chi connectivity index (χ1) is 12.1. The van der Waals surface area contributed by atoms with Crippen molar-refractivity contribution in [2.24, 2.45) is 0 Å². The fraction of sp³-hybridized carbons (Fsp3) is 0.375. The summed E-state index contributed by atoms with van der Waals surface area (Å²) in [5, 5.41) is 13.2. The van der Waals surface area contributed by atoms with E-state index in [2.05, 4.69) is 20.9 Å². The third kappa shape index (κ3) is 3.76. The summed E-state index contributed by atoms with van der Waals surface area (Å²) < 4.78 is 14.8. The van der Waals surface area contributed by atoms with Crippen LogP contribution in [0.25, 0.3) is 0 Å².